The Bertz CT molecular complexity index is 217. The normalized spacial score (nSPS) is 11.5. The van der Waals surface area contributed by atoms with Crippen LogP contribution in [0.5, 0.6) is 0 Å². The van der Waals surface area contributed by atoms with Gasteiger partial charge in [0.1, 0.15) is 6.07 Å². The largest absolute Gasteiger partial charge is 0.232 e. The Kier molecular flexibility index (Phi) is 3.81. The van der Waals surface area contributed by atoms with Crippen LogP contribution in [0.15, 0.2) is 22.3 Å². The monoisotopic (exact) mass is 135 g/mol. The minimum Gasteiger partial charge on any atom is -0.232 e. The van der Waals surface area contributed by atoms with Crippen LogP contribution in [0, 0.1) is 11.3 Å². The molecule has 0 aliphatic carbocycles. The van der Waals surface area contributed by atoms with Gasteiger partial charge in [0.15, 0.2) is 0 Å². The molecule has 0 aromatic carbocycles. The van der Waals surface area contributed by atoms with Crippen LogP contribution in [-0.4, -0.2) is 12.1 Å². The van der Waals surface area contributed by atoms with E-state index >= 15 is 0 Å². The summed E-state index contributed by atoms with van der Waals surface area (Å²) in [5, 5.41) is 8.37. The molecule has 0 atom stereocenters. The van der Waals surface area contributed by atoms with E-state index in [0.717, 1.165) is 0 Å². The van der Waals surface area contributed by atoms with Gasteiger partial charge in [-0.05, 0) is 13.8 Å². The molecule has 0 saturated heterocycles. The fraction of sp³-hybridized carbons (Fsp3) is 0.286. The lowest BCUT2D eigenvalue weighted by atomic mass is 10.5. The van der Waals surface area contributed by atoms with E-state index in [1.54, 1.807) is 13.8 Å². The van der Waals surface area contributed by atoms with Gasteiger partial charge in [-0.25, -0.2) is 9.98 Å². The van der Waals surface area contributed by atoms with Crippen LogP contribution in [0.4, 0.5) is 0 Å². The summed E-state index contributed by atoms with van der Waals surface area (Å²) >= 11 is 0. The quantitative estimate of drug-likeness (QED) is 0.397. The standard InChI is InChI=1S/C7H9N3/c1-4-9-7(5-8)10-6(2)3/h4H,2H2,1,3H3. The summed E-state index contributed by atoms with van der Waals surface area (Å²) in [5.41, 5.74) is 0.585. The van der Waals surface area contributed by atoms with Gasteiger partial charge in [-0.1, -0.05) is 6.58 Å². The van der Waals surface area contributed by atoms with Crippen molar-refractivity contribution in [3.8, 4) is 6.07 Å². The van der Waals surface area contributed by atoms with Crippen molar-refractivity contribution < 1.29 is 0 Å². The average molecular weight is 135 g/mol. The molecule has 0 bridgehead atoms. The molecule has 3 nitrogen and oxygen atoms in total. The van der Waals surface area contributed by atoms with Crippen molar-refractivity contribution in [3.05, 3.63) is 12.3 Å². The molecule has 0 spiro atoms. The number of nitrogens with zero attached hydrogens (tertiary/aromatic N) is 3. The van der Waals surface area contributed by atoms with Crippen LogP contribution in [0.1, 0.15) is 13.8 Å². The number of rotatable bonds is 1. The third-order valence-corrected chi connectivity index (χ3v) is 0.648. The molecule has 10 heavy (non-hydrogen) atoms. The van der Waals surface area contributed by atoms with Gasteiger partial charge in [-0.15, -0.1) is 0 Å². The predicted octanol–water partition coefficient (Wildman–Crippen LogP) is 1.53. The maximum Gasteiger partial charge on any atom is 0.232 e. The Balaban J connectivity index is 4.38. The molecule has 0 fully saturated rings. The highest BCUT2D eigenvalue weighted by atomic mass is 14.9. The topological polar surface area (TPSA) is 48.5 Å². The van der Waals surface area contributed by atoms with Gasteiger partial charge in [-0.3, -0.25) is 0 Å². The molecule has 3 heteroatoms. The van der Waals surface area contributed by atoms with Gasteiger partial charge in [0, 0.05) is 11.9 Å². The molecule has 0 aromatic heterocycles. The zero-order valence-corrected chi connectivity index (χ0v) is 6.13. The zero-order valence-electron chi connectivity index (χ0n) is 6.13. The minimum atomic E-state index is 0.148. The lowest BCUT2D eigenvalue weighted by molar-refractivity contribution is 1.31. The van der Waals surface area contributed by atoms with E-state index in [1.807, 2.05) is 6.07 Å². The third-order valence-electron chi connectivity index (χ3n) is 0.648. The van der Waals surface area contributed by atoms with Crippen LogP contribution in [0.3, 0.4) is 0 Å². The van der Waals surface area contributed by atoms with E-state index in [9.17, 15) is 0 Å². The number of hydrogen-bond donors (Lipinski definition) is 0. The van der Waals surface area contributed by atoms with Crippen molar-refractivity contribution in [2.45, 2.75) is 13.8 Å². The molecule has 0 aromatic rings. The number of amidine groups is 1. The second-order valence-corrected chi connectivity index (χ2v) is 1.67. The van der Waals surface area contributed by atoms with E-state index in [4.69, 9.17) is 5.26 Å². The Labute approximate surface area is 60.4 Å². The first kappa shape index (κ1) is 8.57. The van der Waals surface area contributed by atoms with Crippen molar-refractivity contribution in [3.63, 3.8) is 0 Å². The van der Waals surface area contributed by atoms with Gasteiger partial charge >= 0.3 is 0 Å². The molecule has 0 aliphatic rings. The molecule has 0 N–H and O–H groups in total. The van der Waals surface area contributed by atoms with Crippen LogP contribution < -0.4 is 0 Å². The van der Waals surface area contributed by atoms with Gasteiger partial charge < -0.3 is 0 Å². The molecule has 0 unspecified atom stereocenters. The van der Waals surface area contributed by atoms with Crippen LogP contribution in [0.2, 0.25) is 0 Å². The lowest BCUT2D eigenvalue weighted by Crippen LogP contribution is -1.88. The first-order chi connectivity index (χ1) is 4.70. The van der Waals surface area contributed by atoms with Crippen LogP contribution >= 0.6 is 0 Å². The van der Waals surface area contributed by atoms with Gasteiger partial charge in [-0.2, -0.15) is 5.26 Å². The number of aliphatic imine (C=N–C) groups is 2. The van der Waals surface area contributed by atoms with E-state index in [1.165, 1.54) is 6.21 Å². The SMILES string of the molecule is C=C(C)N=C(C#N)N=CC. The maximum absolute atomic E-state index is 8.37. The van der Waals surface area contributed by atoms with E-state index < -0.39 is 0 Å². The smallest absolute Gasteiger partial charge is 0.232 e. The highest BCUT2D eigenvalue weighted by Crippen LogP contribution is 1.90. The molecule has 0 radical (unpaired) electrons. The number of allylic oxidation sites excluding steroid dienone is 1. The molecular weight excluding hydrogens is 126 g/mol. The average Bonchev–Trinajstić information content (AvgIpc) is 1.86. The van der Waals surface area contributed by atoms with Crippen molar-refractivity contribution in [2.24, 2.45) is 9.98 Å². The predicted molar refractivity (Wildman–Crippen MR) is 42.0 cm³/mol. The van der Waals surface area contributed by atoms with Crippen molar-refractivity contribution in [2.75, 3.05) is 0 Å². The Morgan fingerprint density at radius 1 is 1.70 bits per heavy atom. The summed E-state index contributed by atoms with van der Waals surface area (Å²) in [6, 6.07) is 1.83. The second kappa shape index (κ2) is 4.45. The van der Waals surface area contributed by atoms with Gasteiger partial charge in [0.05, 0.1) is 0 Å². The molecule has 0 amide bonds. The maximum atomic E-state index is 8.37. The Morgan fingerprint density at radius 3 is 2.60 bits per heavy atom. The van der Waals surface area contributed by atoms with Crippen molar-refractivity contribution in [1.82, 2.24) is 0 Å². The van der Waals surface area contributed by atoms with Gasteiger partial charge in [0.2, 0.25) is 5.84 Å². The fourth-order valence-corrected chi connectivity index (χ4v) is 0.386. The number of nitriles is 1. The highest BCUT2D eigenvalue weighted by Gasteiger charge is 1.88. The third kappa shape index (κ3) is 3.56. The Hall–Kier alpha value is -1.43. The van der Waals surface area contributed by atoms with Crippen LogP contribution in [-0.2, 0) is 0 Å². The summed E-state index contributed by atoms with van der Waals surface area (Å²) in [5.74, 6) is 0.148. The van der Waals surface area contributed by atoms with E-state index in [0.29, 0.717) is 5.70 Å². The zero-order chi connectivity index (χ0) is 7.98. The molecular formula is C7H9N3. The molecule has 0 saturated carbocycles. The minimum absolute atomic E-state index is 0.148. The van der Waals surface area contributed by atoms with Crippen molar-refractivity contribution >= 4 is 12.1 Å². The fourth-order valence-electron chi connectivity index (χ4n) is 0.386. The first-order valence-corrected chi connectivity index (χ1v) is 2.83. The summed E-state index contributed by atoms with van der Waals surface area (Å²) in [4.78, 5) is 7.43. The summed E-state index contributed by atoms with van der Waals surface area (Å²) < 4.78 is 0. The van der Waals surface area contributed by atoms with E-state index in [2.05, 4.69) is 16.6 Å². The lowest BCUT2D eigenvalue weighted by Gasteiger charge is -1.85. The molecule has 0 rings (SSSR count). The Morgan fingerprint density at radius 2 is 2.30 bits per heavy atom. The van der Waals surface area contributed by atoms with Crippen molar-refractivity contribution in [1.29, 1.82) is 5.26 Å². The summed E-state index contributed by atoms with van der Waals surface area (Å²) in [7, 11) is 0. The molecule has 52 valence electrons. The number of hydrogen-bond acceptors (Lipinski definition) is 2. The van der Waals surface area contributed by atoms with Crippen LogP contribution in [0.25, 0.3) is 0 Å². The van der Waals surface area contributed by atoms with E-state index in [-0.39, 0.29) is 5.84 Å². The molecule has 0 heterocycles. The first-order valence-electron chi connectivity index (χ1n) is 2.83. The summed E-state index contributed by atoms with van der Waals surface area (Å²) in [6.45, 7) is 6.95. The second-order valence-electron chi connectivity index (χ2n) is 1.67. The van der Waals surface area contributed by atoms with Gasteiger partial charge in [0.25, 0.3) is 0 Å². The molecule has 0 aliphatic heterocycles. The summed E-state index contributed by atoms with van der Waals surface area (Å²) in [6.07, 6.45) is 1.52. The highest BCUT2D eigenvalue weighted by molar-refractivity contribution is 6.01.